The zero-order valence-electron chi connectivity index (χ0n) is 12.3. The Hall–Kier alpha value is -2.94. The van der Waals surface area contributed by atoms with Crippen LogP contribution in [0.25, 0.3) is 0 Å². The summed E-state index contributed by atoms with van der Waals surface area (Å²) in [6.07, 6.45) is 1.61. The second kappa shape index (κ2) is 6.44. The van der Waals surface area contributed by atoms with E-state index in [0.717, 1.165) is 5.56 Å². The highest BCUT2D eigenvalue weighted by molar-refractivity contribution is 5.79. The van der Waals surface area contributed by atoms with Crippen LogP contribution in [0.5, 0.6) is 5.88 Å². The number of halogens is 1. The summed E-state index contributed by atoms with van der Waals surface area (Å²) in [6.45, 7) is 1.00. The van der Waals surface area contributed by atoms with Gasteiger partial charge in [0.05, 0.1) is 25.1 Å². The van der Waals surface area contributed by atoms with Crippen molar-refractivity contribution in [1.29, 1.82) is 5.26 Å². The standard InChI is InChI=1S/C17H14FN3O2/c18-14-4-1-12(2-5-14)7-17(22)21-10-15(11-21)23-16-6-3-13(8-19)9-20-16/h1-6,9,15H,7,10-11H2. The third-order valence-electron chi connectivity index (χ3n) is 3.62. The molecule has 1 aliphatic heterocycles. The lowest BCUT2D eigenvalue weighted by molar-refractivity contribution is -0.139. The van der Waals surface area contributed by atoms with Crippen molar-refractivity contribution in [2.75, 3.05) is 13.1 Å². The molecule has 0 radical (unpaired) electrons. The van der Waals surface area contributed by atoms with E-state index in [1.807, 2.05) is 6.07 Å². The van der Waals surface area contributed by atoms with Crippen LogP contribution in [0.2, 0.25) is 0 Å². The van der Waals surface area contributed by atoms with Gasteiger partial charge in [0.25, 0.3) is 0 Å². The zero-order valence-corrected chi connectivity index (χ0v) is 12.3. The predicted molar refractivity (Wildman–Crippen MR) is 80.1 cm³/mol. The molecule has 0 unspecified atom stereocenters. The molecule has 0 saturated carbocycles. The Morgan fingerprint density at radius 3 is 2.65 bits per heavy atom. The fourth-order valence-corrected chi connectivity index (χ4v) is 2.29. The molecule has 1 amide bonds. The number of nitrogens with zero attached hydrogens (tertiary/aromatic N) is 3. The third kappa shape index (κ3) is 3.64. The second-order valence-electron chi connectivity index (χ2n) is 5.34. The number of ether oxygens (including phenoxy) is 1. The third-order valence-corrected chi connectivity index (χ3v) is 3.62. The van der Waals surface area contributed by atoms with Gasteiger partial charge in [-0.1, -0.05) is 12.1 Å². The Kier molecular flexibility index (Phi) is 4.20. The number of nitriles is 1. The van der Waals surface area contributed by atoms with Gasteiger partial charge in [-0.25, -0.2) is 9.37 Å². The zero-order chi connectivity index (χ0) is 16.2. The SMILES string of the molecule is N#Cc1ccc(OC2CN(C(=O)Cc3ccc(F)cc3)C2)nc1. The second-order valence-corrected chi connectivity index (χ2v) is 5.34. The van der Waals surface area contributed by atoms with Crippen LogP contribution in [0.1, 0.15) is 11.1 Å². The average molecular weight is 311 g/mol. The molecule has 0 atom stereocenters. The van der Waals surface area contributed by atoms with E-state index in [9.17, 15) is 9.18 Å². The highest BCUT2D eigenvalue weighted by Gasteiger charge is 2.32. The summed E-state index contributed by atoms with van der Waals surface area (Å²) in [5.74, 6) is 0.123. The molecule has 6 heteroatoms. The van der Waals surface area contributed by atoms with Gasteiger partial charge >= 0.3 is 0 Å². The Labute approximate surface area is 132 Å². The van der Waals surface area contributed by atoms with Gasteiger partial charge in [0.2, 0.25) is 11.8 Å². The largest absolute Gasteiger partial charge is 0.471 e. The number of likely N-dealkylation sites (tertiary alicyclic amines) is 1. The van der Waals surface area contributed by atoms with Crippen molar-refractivity contribution in [3.63, 3.8) is 0 Å². The van der Waals surface area contributed by atoms with Gasteiger partial charge in [-0.15, -0.1) is 0 Å². The number of rotatable bonds is 4. The van der Waals surface area contributed by atoms with Gasteiger partial charge in [0.15, 0.2) is 0 Å². The summed E-state index contributed by atoms with van der Waals surface area (Å²) >= 11 is 0. The number of hydrogen-bond acceptors (Lipinski definition) is 4. The Morgan fingerprint density at radius 1 is 1.30 bits per heavy atom. The fraction of sp³-hybridized carbons (Fsp3) is 0.235. The van der Waals surface area contributed by atoms with Gasteiger partial charge in [-0.3, -0.25) is 4.79 Å². The highest BCUT2D eigenvalue weighted by atomic mass is 19.1. The maximum atomic E-state index is 12.8. The van der Waals surface area contributed by atoms with Crippen LogP contribution in [-0.4, -0.2) is 35.0 Å². The summed E-state index contributed by atoms with van der Waals surface area (Å²) in [7, 11) is 0. The van der Waals surface area contributed by atoms with E-state index in [1.165, 1.54) is 18.3 Å². The lowest BCUT2D eigenvalue weighted by atomic mass is 10.1. The van der Waals surface area contributed by atoms with E-state index in [1.54, 1.807) is 29.2 Å². The molecule has 116 valence electrons. The normalized spacial score (nSPS) is 14.0. The first kappa shape index (κ1) is 15.0. The molecule has 0 aliphatic carbocycles. The predicted octanol–water partition coefficient (Wildman–Crippen LogP) is 1.92. The Bertz CT molecular complexity index is 732. The van der Waals surface area contributed by atoms with E-state index in [4.69, 9.17) is 10.00 Å². The van der Waals surface area contributed by atoms with Crippen molar-refractivity contribution in [1.82, 2.24) is 9.88 Å². The molecule has 2 aromatic rings. The van der Waals surface area contributed by atoms with Crippen LogP contribution >= 0.6 is 0 Å². The molecular formula is C17H14FN3O2. The maximum Gasteiger partial charge on any atom is 0.227 e. The first-order valence-corrected chi connectivity index (χ1v) is 7.19. The van der Waals surface area contributed by atoms with Gasteiger partial charge in [-0.2, -0.15) is 5.26 Å². The minimum atomic E-state index is -0.312. The molecule has 0 spiro atoms. The first-order chi connectivity index (χ1) is 11.1. The van der Waals surface area contributed by atoms with Gasteiger partial charge in [0.1, 0.15) is 18.0 Å². The first-order valence-electron chi connectivity index (χ1n) is 7.19. The molecule has 1 aromatic heterocycles. The van der Waals surface area contributed by atoms with Crippen molar-refractivity contribution in [3.8, 4) is 11.9 Å². The lowest BCUT2D eigenvalue weighted by Gasteiger charge is -2.38. The van der Waals surface area contributed by atoms with Gasteiger partial charge < -0.3 is 9.64 Å². The number of hydrogen-bond donors (Lipinski definition) is 0. The summed E-state index contributed by atoms with van der Waals surface area (Å²) in [5, 5.41) is 8.70. The van der Waals surface area contributed by atoms with E-state index >= 15 is 0 Å². The molecule has 1 aliphatic rings. The van der Waals surface area contributed by atoms with Crippen LogP contribution in [0.15, 0.2) is 42.6 Å². The molecule has 2 heterocycles. The summed E-state index contributed by atoms with van der Waals surface area (Å²) in [6, 6.07) is 11.2. The number of carbonyl (C=O) groups excluding carboxylic acids is 1. The minimum Gasteiger partial charge on any atom is -0.471 e. The number of amides is 1. The van der Waals surface area contributed by atoms with Crippen LogP contribution in [-0.2, 0) is 11.2 Å². The Balaban J connectivity index is 1.47. The topological polar surface area (TPSA) is 66.2 Å². The number of aromatic nitrogens is 1. The lowest BCUT2D eigenvalue weighted by Crippen LogP contribution is -2.56. The molecule has 0 bridgehead atoms. The van der Waals surface area contributed by atoms with E-state index < -0.39 is 0 Å². The fourth-order valence-electron chi connectivity index (χ4n) is 2.29. The monoisotopic (exact) mass is 311 g/mol. The van der Waals surface area contributed by atoms with Crippen molar-refractivity contribution in [3.05, 3.63) is 59.5 Å². The van der Waals surface area contributed by atoms with Crippen LogP contribution in [0.3, 0.4) is 0 Å². The maximum absolute atomic E-state index is 12.8. The van der Waals surface area contributed by atoms with E-state index in [0.29, 0.717) is 24.5 Å². The van der Waals surface area contributed by atoms with E-state index in [2.05, 4.69) is 4.98 Å². The van der Waals surface area contributed by atoms with Crippen molar-refractivity contribution < 1.29 is 13.9 Å². The molecule has 1 saturated heterocycles. The summed E-state index contributed by atoms with van der Waals surface area (Å²) in [5.41, 5.74) is 1.26. The molecule has 5 nitrogen and oxygen atoms in total. The van der Waals surface area contributed by atoms with Crippen LogP contribution < -0.4 is 4.74 Å². The quantitative estimate of drug-likeness (QED) is 0.865. The minimum absolute atomic E-state index is 0.00996. The molecule has 3 rings (SSSR count). The van der Waals surface area contributed by atoms with Crippen molar-refractivity contribution >= 4 is 5.91 Å². The van der Waals surface area contributed by atoms with Gasteiger partial charge in [0, 0.05) is 12.3 Å². The van der Waals surface area contributed by atoms with Crippen LogP contribution in [0.4, 0.5) is 4.39 Å². The average Bonchev–Trinajstić information content (AvgIpc) is 2.53. The molecule has 1 fully saturated rings. The Morgan fingerprint density at radius 2 is 2.04 bits per heavy atom. The summed E-state index contributed by atoms with van der Waals surface area (Å²) in [4.78, 5) is 17.8. The van der Waals surface area contributed by atoms with Crippen molar-refractivity contribution in [2.45, 2.75) is 12.5 Å². The van der Waals surface area contributed by atoms with Crippen molar-refractivity contribution in [2.24, 2.45) is 0 Å². The molecule has 1 aromatic carbocycles. The van der Waals surface area contributed by atoms with Gasteiger partial charge in [-0.05, 0) is 23.8 Å². The highest BCUT2D eigenvalue weighted by Crippen LogP contribution is 2.17. The number of pyridine rings is 1. The number of benzene rings is 1. The van der Waals surface area contributed by atoms with Crippen LogP contribution in [0, 0.1) is 17.1 Å². The number of carbonyl (C=O) groups is 1. The molecular weight excluding hydrogens is 297 g/mol. The van der Waals surface area contributed by atoms with E-state index in [-0.39, 0.29) is 24.2 Å². The smallest absolute Gasteiger partial charge is 0.227 e. The molecule has 0 N–H and O–H groups in total. The molecule has 23 heavy (non-hydrogen) atoms. The summed E-state index contributed by atoms with van der Waals surface area (Å²) < 4.78 is 18.5.